The number of aromatic nitrogens is 4. The van der Waals surface area contributed by atoms with Crippen LogP contribution in [0.4, 0.5) is 0 Å². The first-order chi connectivity index (χ1) is 15.0. The third-order valence-corrected chi connectivity index (χ3v) is 6.96. The molecule has 1 saturated heterocycles. The van der Waals surface area contributed by atoms with Crippen LogP contribution in [-0.2, 0) is 21.2 Å². The van der Waals surface area contributed by atoms with E-state index in [2.05, 4.69) is 20.2 Å². The van der Waals surface area contributed by atoms with Crippen molar-refractivity contribution >= 4 is 15.9 Å². The second-order valence-corrected chi connectivity index (χ2v) is 9.24. The Morgan fingerprint density at radius 3 is 2.29 bits per heavy atom. The molecule has 162 valence electrons. The van der Waals surface area contributed by atoms with Crippen LogP contribution in [0.25, 0.3) is 0 Å². The van der Waals surface area contributed by atoms with E-state index in [1.54, 1.807) is 35.2 Å². The van der Waals surface area contributed by atoms with Crippen LogP contribution in [-0.4, -0.2) is 58.6 Å². The molecule has 2 aromatic carbocycles. The number of tetrazole rings is 1. The van der Waals surface area contributed by atoms with E-state index in [9.17, 15) is 13.2 Å². The van der Waals surface area contributed by atoms with E-state index in [1.807, 2.05) is 30.3 Å². The third-order valence-electron chi connectivity index (χ3n) is 5.42. The Bertz CT molecular complexity index is 1080. The van der Waals surface area contributed by atoms with Gasteiger partial charge in [0.2, 0.25) is 15.9 Å². The average Bonchev–Trinajstić information content (AvgIpc) is 3.33. The summed E-state index contributed by atoms with van der Waals surface area (Å²) in [7, 11) is -3.57. The van der Waals surface area contributed by atoms with Crippen LogP contribution in [0.1, 0.15) is 24.4 Å². The number of carbonyl (C=O) groups is 1. The quantitative estimate of drug-likeness (QED) is 0.595. The monoisotopic (exact) mass is 440 g/mol. The zero-order chi connectivity index (χ0) is 21.7. The van der Waals surface area contributed by atoms with Gasteiger partial charge in [0, 0.05) is 25.6 Å². The third kappa shape index (κ3) is 5.15. The summed E-state index contributed by atoms with van der Waals surface area (Å²) in [5.74, 6) is -0.0690. The van der Waals surface area contributed by atoms with Crippen molar-refractivity contribution < 1.29 is 13.2 Å². The molecule has 1 aromatic heterocycles. The molecule has 1 unspecified atom stereocenters. The van der Waals surface area contributed by atoms with E-state index in [4.69, 9.17) is 0 Å². The Morgan fingerprint density at radius 1 is 1.03 bits per heavy atom. The van der Waals surface area contributed by atoms with E-state index in [-0.39, 0.29) is 16.8 Å². The van der Waals surface area contributed by atoms with Crippen LogP contribution in [0.2, 0.25) is 0 Å². The minimum Gasteiger partial charge on any atom is -0.341 e. The van der Waals surface area contributed by atoms with Gasteiger partial charge >= 0.3 is 0 Å². The summed E-state index contributed by atoms with van der Waals surface area (Å²) in [4.78, 5) is 15.3. The highest BCUT2D eigenvalue weighted by Gasteiger charge is 2.31. The maximum atomic E-state index is 13.3. The predicted octanol–water partition coefficient (Wildman–Crippen LogP) is 1.43. The van der Waals surface area contributed by atoms with Crippen LogP contribution < -0.4 is 4.72 Å². The summed E-state index contributed by atoms with van der Waals surface area (Å²) >= 11 is 0. The lowest BCUT2D eigenvalue weighted by Crippen LogP contribution is -2.48. The molecular formula is C21H24N6O3S. The van der Waals surface area contributed by atoms with Crippen molar-refractivity contribution in [3.05, 3.63) is 72.6 Å². The van der Waals surface area contributed by atoms with Gasteiger partial charge in [0.15, 0.2) is 0 Å². The molecular weight excluding hydrogens is 416 g/mol. The zero-order valence-corrected chi connectivity index (χ0v) is 17.7. The summed E-state index contributed by atoms with van der Waals surface area (Å²) in [6, 6.07) is 17.3. The highest BCUT2D eigenvalue weighted by molar-refractivity contribution is 7.89. The minimum atomic E-state index is -3.57. The average molecular weight is 441 g/mol. The summed E-state index contributed by atoms with van der Waals surface area (Å²) in [6.07, 6.45) is 3.02. The van der Waals surface area contributed by atoms with Crippen molar-refractivity contribution in [1.29, 1.82) is 0 Å². The molecule has 9 nitrogen and oxygen atoms in total. The number of hydrogen-bond donors (Lipinski definition) is 1. The lowest BCUT2D eigenvalue weighted by atomic mass is 10.0. The van der Waals surface area contributed by atoms with Crippen LogP contribution in [0.5, 0.6) is 0 Å². The summed E-state index contributed by atoms with van der Waals surface area (Å²) in [5.41, 5.74) is 1.02. The number of rotatable bonds is 7. The zero-order valence-electron chi connectivity index (χ0n) is 16.9. The van der Waals surface area contributed by atoms with E-state index in [0.717, 1.165) is 5.56 Å². The van der Waals surface area contributed by atoms with Gasteiger partial charge in [0.25, 0.3) is 0 Å². The molecule has 10 heteroatoms. The van der Waals surface area contributed by atoms with Gasteiger partial charge in [-0.3, -0.25) is 4.79 Å². The summed E-state index contributed by atoms with van der Waals surface area (Å²) < 4.78 is 29.4. The van der Waals surface area contributed by atoms with E-state index in [0.29, 0.717) is 32.4 Å². The lowest BCUT2D eigenvalue weighted by molar-refractivity contribution is -0.136. The molecule has 1 fully saturated rings. The van der Waals surface area contributed by atoms with Gasteiger partial charge in [-0.15, -0.1) is 5.10 Å². The number of likely N-dealkylation sites (tertiary alicyclic amines) is 1. The van der Waals surface area contributed by atoms with Gasteiger partial charge in [0.05, 0.1) is 4.90 Å². The molecule has 1 atom stereocenters. The van der Waals surface area contributed by atoms with Gasteiger partial charge in [-0.25, -0.2) is 17.8 Å². The molecule has 0 radical (unpaired) electrons. The van der Waals surface area contributed by atoms with Crippen LogP contribution >= 0.6 is 0 Å². The number of hydrogen-bond acceptors (Lipinski definition) is 6. The molecule has 1 amide bonds. The maximum Gasteiger partial charge on any atom is 0.247 e. The fourth-order valence-electron chi connectivity index (χ4n) is 3.76. The first-order valence-electron chi connectivity index (χ1n) is 10.2. The number of amides is 1. The molecule has 0 aliphatic carbocycles. The second kappa shape index (κ2) is 9.36. The number of nitrogens with zero attached hydrogens (tertiary/aromatic N) is 5. The highest BCUT2D eigenvalue weighted by atomic mass is 32.2. The molecule has 1 aliphatic rings. The van der Waals surface area contributed by atoms with Crippen LogP contribution in [0.3, 0.4) is 0 Å². The predicted molar refractivity (Wildman–Crippen MR) is 113 cm³/mol. The summed E-state index contributed by atoms with van der Waals surface area (Å²) in [6.45, 7) is 0.933. The SMILES string of the molecule is O=C(C(Cc1ccccc1)n1cnnn1)N1CCC(NS(=O)(=O)c2ccccc2)CC1. The van der Waals surface area contributed by atoms with Crippen LogP contribution in [0.15, 0.2) is 71.9 Å². The van der Waals surface area contributed by atoms with Crippen LogP contribution in [0, 0.1) is 0 Å². The fourth-order valence-corrected chi connectivity index (χ4v) is 5.08. The molecule has 3 aromatic rings. The standard InChI is InChI=1S/C21H24N6O3S/c28-21(20(27-16-22-24-25-27)15-17-7-3-1-4-8-17)26-13-11-18(12-14-26)23-31(29,30)19-9-5-2-6-10-19/h1-10,16,18,20,23H,11-15H2. The van der Waals surface area contributed by atoms with Crippen molar-refractivity contribution in [2.75, 3.05) is 13.1 Å². The van der Waals surface area contributed by atoms with Gasteiger partial charge in [-0.2, -0.15) is 0 Å². The Kier molecular flexibility index (Phi) is 6.38. The first kappa shape index (κ1) is 21.1. The lowest BCUT2D eigenvalue weighted by Gasteiger charge is -2.34. The smallest absolute Gasteiger partial charge is 0.247 e. The topological polar surface area (TPSA) is 110 Å². The Labute approximate surface area is 181 Å². The molecule has 0 spiro atoms. The second-order valence-electron chi connectivity index (χ2n) is 7.53. The fraction of sp³-hybridized carbons (Fsp3) is 0.333. The highest BCUT2D eigenvalue weighted by Crippen LogP contribution is 2.21. The van der Waals surface area contributed by atoms with Gasteiger partial charge in [-0.05, 0) is 41.0 Å². The van der Waals surface area contributed by atoms with Crippen molar-refractivity contribution in [3.63, 3.8) is 0 Å². The Hall–Kier alpha value is -3.11. The minimum absolute atomic E-state index is 0.0690. The summed E-state index contributed by atoms with van der Waals surface area (Å²) in [5, 5.41) is 11.3. The Morgan fingerprint density at radius 2 is 1.68 bits per heavy atom. The molecule has 1 N–H and O–H groups in total. The van der Waals surface area contributed by atoms with Gasteiger partial charge in [0.1, 0.15) is 12.4 Å². The van der Waals surface area contributed by atoms with E-state index in [1.165, 1.54) is 11.0 Å². The van der Waals surface area contributed by atoms with Crippen molar-refractivity contribution in [2.45, 2.75) is 36.2 Å². The largest absolute Gasteiger partial charge is 0.341 e. The van der Waals surface area contributed by atoms with Gasteiger partial charge < -0.3 is 4.90 Å². The normalized spacial score (nSPS) is 16.2. The molecule has 2 heterocycles. The van der Waals surface area contributed by atoms with Gasteiger partial charge in [-0.1, -0.05) is 48.5 Å². The number of benzene rings is 2. The molecule has 1 aliphatic heterocycles. The first-order valence-corrected chi connectivity index (χ1v) is 11.6. The number of carbonyl (C=O) groups excluding carboxylic acids is 1. The van der Waals surface area contributed by atoms with Crippen molar-refractivity contribution in [1.82, 2.24) is 29.8 Å². The number of nitrogens with one attached hydrogen (secondary N) is 1. The Balaban J connectivity index is 1.40. The van der Waals surface area contributed by atoms with E-state index < -0.39 is 16.1 Å². The molecule has 0 bridgehead atoms. The molecule has 31 heavy (non-hydrogen) atoms. The molecule has 4 rings (SSSR count). The number of sulfonamides is 1. The van der Waals surface area contributed by atoms with Crippen molar-refractivity contribution in [3.8, 4) is 0 Å². The maximum absolute atomic E-state index is 13.3. The molecule has 0 saturated carbocycles. The van der Waals surface area contributed by atoms with Crippen molar-refractivity contribution in [2.24, 2.45) is 0 Å². The van der Waals surface area contributed by atoms with E-state index >= 15 is 0 Å². The number of piperidine rings is 1.